The van der Waals surface area contributed by atoms with Crippen molar-refractivity contribution in [2.24, 2.45) is 13.0 Å². The largest absolute Gasteiger partial charge is 0.336 e. The summed E-state index contributed by atoms with van der Waals surface area (Å²) in [4.78, 5) is 4.22. The Kier molecular flexibility index (Phi) is 5.54. The summed E-state index contributed by atoms with van der Waals surface area (Å²) in [5.74, 6) is 0.417. The molecule has 7 heteroatoms. The van der Waals surface area contributed by atoms with Gasteiger partial charge in [-0.25, -0.2) is 22.5 Å². The number of imidazole rings is 1. The first kappa shape index (κ1) is 17.6. The molecule has 0 spiro atoms. The maximum Gasteiger partial charge on any atom is 0.212 e. The molecule has 0 fully saturated rings. The standard InChI is InChI=1S/C16H22FN3O2S/c1-12(2)7-10-23(21,22)19-15(16-18-8-9-20(16)3)13-5-4-6-14(17)11-13/h4-6,8-9,11-12,15,19H,7,10H2,1-3H3/t15-/m1/s1. The minimum atomic E-state index is -3.51. The third-order valence-electron chi connectivity index (χ3n) is 3.56. The Hall–Kier alpha value is -1.73. The molecule has 1 aromatic heterocycles. The fraction of sp³-hybridized carbons (Fsp3) is 0.438. The molecule has 0 aliphatic heterocycles. The summed E-state index contributed by atoms with van der Waals surface area (Å²) < 4.78 is 42.7. The third kappa shape index (κ3) is 4.87. The predicted molar refractivity (Wildman–Crippen MR) is 87.8 cm³/mol. The Morgan fingerprint density at radius 1 is 1.35 bits per heavy atom. The number of sulfonamides is 1. The van der Waals surface area contributed by atoms with Gasteiger partial charge in [0.15, 0.2) is 0 Å². The molecule has 1 heterocycles. The number of aromatic nitrogens is 2. The van der Waals surface area contributed by atoms with Crippen molar-refractivity contribution >= 4 is 10.0 Å². The number of nitrogens with zero attached hydrogens (tertiary/aromatic N) is 2. The van der Waals surface area contributed by atoms with Crippen LogP contribution in [0.15, 0.2) is 36.7 Å². The number of rotatable bonds is 7. The fourth-order valence-corrected chi connectivity index (χ4v) is 3.74. The van der Waals surface area contributed by atoms with Crippen molar-refractivity contribution in [1.82, 2.24) is 14.3 Å². The lowest BCUT2D eigenvalue weighted by molar-refractivity contribution is 0.546. The summed E-state index contributed by atoms with van der Waals surface area (Å²) in [6, 6.07) is 5.18. The summed E-state index contributed by atoms with van der Waals surface area (Å²) in [6.07, 6.45) is 3.87. The van der Waals surface area contributed by atoms with Crippen LogP contribution in [0, 0.1) is 11.7 Å². The Morgan fingerprint density at radius 3 is 2.65 bits per heavy atom. The van der Waals surface area contributed by atoms with Crippen molar-refractivity contribution in [1.29, 1.82) is 0 Å². The molecule has 1 N–H and O–H groups in total. The number of nitrogens with one attached hydrogen (secondary N) is 1. The molecular weight excluding hydrogens is 317 g/mol. The van der Waals surface area contributed by atoms with Crippen molar-refractivity contribution in [3.63, 3.8) is 0 Å². The minimum absolute atomic E-state index is 0.0287. The van der Waals surface area contributed by atoms with Gasteiger partial charge in [0.1, 0.15) is 17.7 Å². The monoisotopic (exact) mass is 339 g/mol. The molecule has 126 valence electrons. The molecule has 1 aromatic carbocycles. The zero-order valence-corrected chi connectivity index (χ0v) is 14.3. The average molecular weight is 339 g/mol. The van der Waals surface area contributed by atoms with Gasteiger partial charge in [-0.05, 0) is 30.0 Å². The molecule has 0 aliphatic rings. The van der Waals surface area contributed by atoms with Crippen molar-refractivity contribution in [2.75, 3.05) is 5.75 Å². The fourth-order valence-electron chi connectivity index (χ4n) is 2.24. The van der Waals surface area contributed by atoms with Crippen LogP contribution in [-0.4, -0.2) is 23.7 Å². The summed E-state index contributed by atoms with van der Waals surface area (Å²) >= 11 is 0. The summed E-state index contributed by atoms with van der Waals surface area (Å²) in [7, 11) is -1.73. The lowest BCUT2D eigenvalue weighted by Gasteiger charge is -2.19. The van der Waals surface area contributed by atoms with E-state index in [1.165, 1.54) is 12.1 Å². The first-order valence-corrected chi connectivity index (χ1v) is 9.16. The molecule has 0 saturated heterocycles. The molecule has 0 amide bonds. The van der Waals surface area contributed by atoms with Crippen LogP contribution in [-0.2, 0) is 17.1 Å². The first-order chi connectivity index (χ1) is 10.8. The van der Waals surface area contributed by atoms with Gasteiger partial charge in [-0.1, -0.05) is 26.0 Å². The van der Waals surface area contributed by atoms with Gasteiger partial charge < -0.3 is 4.57 Å². The van der Waals surface area contributed by atoms with E-state index < -0.39 is 21.9 Å². The zero-order valence-electron chi connectivity index (χ0n) is 13.5. The molecule has 2 aromatic rings. The molecule has 23 heavy (non-hydrogen) atoms. The van der Waals surface area contributed by atoms with Crippen molar-refractivity contribution in [2.45, 2.75) is 26.3 Å². The van der Waals surface area contributed by atoms with Crippen LogP contribution < -0.4 is 4.72 Å². The first-order valence-electron chi connectivity index (χ1n) is 7.51. The van der Waals surface area contributed by atoms with Gasteiger partial charge in [0.05, 0.1) is 5.75 Å². The van der Waals surface area contributed by atoms with Crippen LogP contribution in [0.25, 0.3) is 0 Å². The lowest BCUT2D eigenvalue weighted by atomic mass is 10.1. The maximum atomic E-state index is 13.6. The molecule has 0 radical (unpaired) electrons. The Labute approximate surface area is 136 Å². The normalized spacial score (nSPS) is 13.4. The van der Waals surface area contributed by atoms with Crippen LogP contribution in [0.4, 0.5) is 4.39 Å². The Morgan fingerprint density at radius 2 is 2.09 bits per heavy atom. The van der Waals surface area contributed by atoms with Gasteiger partial charge in [-0.3, -0.25) is 0 Å². The number of hydrogen-bond acceptors (Lipinski definition) is 3. The highest BCUT2D eigenvalue weighted by Gasteiger charge is 2.24. The van der Waals surface area contributed by atoms with E-state index in [0.29, 0.717) is 17.8 Å². The van der Waals surface area contributed by atoms with E-state index in [-0.39, 0.29) is 11.7 Å². The van der Waals surface area contributed by atoms with E-state index in [1.807, 2.05) is 13.8 Å². The molecule has 1 atom stereocenters. The van der Waals surface area contributed by atoms with Crippen molar-refractivity contribution in [3.8, 4) is 0 Å². The van der Waals surface area contributed by atoms with Crippen LogP contribution >= 0.6 is 0 Å². The van der Waals surface area contributed by atoms with Crippen molar-refractivity contribution in [3.05, 3.63) is 53.9 Å². The van der Waals surface area contributed by atoms with E-state index in [1.54, 1.807) is 36.1 Å². The summed E-state index contributed by atoms with van der Waals surface area (Å²) in [5.41, 5.74) is 0.521. The van der Waals surface area contributed by atoms with Gasteiger partial charge in [0.25, 0.3) is 0 Å². The smallest absolute Gasteiger partial charge is 0.212 e. The van der Waals surface area contributed by atoms with Gasteiger partial charge in [-0.15, -0.1) is 0 Å². The predicted octanol–water partition coefficient (Wildman–Crippen LogP) is 2.61. The van der Waals surface area contributed by atoms with E-state index >= 15 is 0 Å². The highest BCUT2D eigenvalue weighted by atomic mass is 32.2. The molecule has 0 aliphatic carbocycles. The maximum absolute atomic E-state index is 13.6. The molecular formula is C16H22FN3O2S. The third-order valence-corrected chi connectivity index (χ3v) is 4.93. The number of benzene rings is 1. The topological polar surface area (TPSA) is 64.0 Å². The SMILES string of the molecule is CC(C)CCS(=O)(=O)N[C@H](c1cccc(F)c1)c1nccn1C. The highest BCUT2D eigenvalue weighted by Crippen LogP contribution is 2.22. The minimum Gasteiger partial charge on any atom is -0.336 e. The molecule has 0 unspecified atom stereocenters. The summed E-state index contributed by atoms with van der Waals surface area (Å²) in [6.45, 7) is 3.94. The Bertz CT molecular complexity index is 756. The van der Waals surface area contributed by atoms with E-state index in [0.717, 1.165) is 0 Å². The molecule has 0 bridgehead atoms. The number of aryl methyl sites for hydroxylation is 1. The second-order valence-electron chi connectivity index (χ2n) is 6.00. The highest BCUT2D eigenvalue weighted by molar-refractivity contribution is 7.89. The summed E-state index contributed by atoms with van der Waals surface area (Å²) in [5, 5.41) is 0. The Balaban J connectivity index is 2.34. The van der Waals surface area contributed by atoms with Gasteiger partial charge >= 0.3 is 0 Å². The molecule has 5 nitrogen and oxygen atoms in total. The van der Waals surface area contributed by atoms with Crippen molar-refractivity contribution < 1.29 is 12.8 Å². The quantitative estimate of drug-likeness (QED) is 0.843. The second-order valence-corrected chi connectivity index (χ2v) is 7.88. The van der Waals surface area contributed by atoms with Gasteiger partial charge in [0.2, 0.25) is 10.0 Å². The van der Waals surface area contributed by atoms with Gasteiger partial charge in [-0.2, -0.15) is 0 Å². The second kappa shape index (κ2) is 7.23. The van der Waals surface area contributed by atoms with Crippen LogP contribution in [0.5, 0.6) is 0 Å². The average Bonchev–Trinajstić information content (AvgIpc) is 2.89. The van der Waals surface area contributed by atoms with E-state index in [4.69, 9.17) is 0 Å². The van der Waals surface area contributed by atoms with Crippen LogP contribution in [0.2, 0.25) is 0 Å². The molecule has 2 rings (SSSR count). The number of halogens is 1. The van der Waals surface area contributed by atoms with Crippen LogP contribution in [0.3, 0.4) is 0 Å². The number of hydrogen-bond donors (Lipinski definition) is 1. The van der Waals surface area contributed by atoms with Gasteiger partial charge in [0, 0.05) is 19.4 Å². The zero-order chi connectivity index (χ0) is 17.0. The molecule has 0 saturated carbocycles. The van der Waals surface area contributed by atoms with Crippen LogP contribution in [0.1, 0.15) is 37.7 Å². The lowest BCUT2D eigenvalue weighted by Crippen LogP contribution is -2.33. The van der Waals surface area contributed by atoms with E-state index in [2.05, 4.69) is 9.71 Å². The van der Waals surface area contributed by atoms with E-state index in [9.17, 15) is 12.8 Å².